The lowest BCUT2D eigenvalue weighted by molar-refractivity contribution is 0.0501. The summed E-state index contributed by atoms with van der Waals surface area (Å²) in [5.74, 6) is -1.02. The number of carbonyl (C=O) groups excluding carboxylic acids is 1. The van der Waals surface area contributed by atoms with Gasteiger partial charge in [0.2, 0.25) is 0 Å². The Morgan fingerprint density at radius 2 is 2.04 bits per heavy atom. The first-order chi connectivity index (χ1) is 10.9. The van der Waals surface area contributed by atoms with Gasteiger partial charge in [-0.05, 0) is 19.2 Å². The summed E-state index contributed by atoms with van der Waals surface area (Å²) in [6.45, 7) is 4.45. The number of aliphatic hydroxyl groups is 1. The van der Waals surface area contributed by atoms with Crippen LogP contribution in [0.1, 0.15) is 10.4 Å². The second-order valence-corrected chi connectivity index (χ2v) is 6.42. The van der Waals surface area contributed by atoms with Crippen LogP contribution in [0.5, 0.6) is 0 Å². The SMILES string of the molecule is CN1CCN(CC(O)CN(C)C(=O)c2cccc(F)c2Cl)CC1. The van der Waals surface area contributed by atoms with Crippen molar-refractivity contribution in [2.75, 3.05) is 53.4 Å². The molecule has 128 valence electrons. The molecule has 1 saturated heterocycles. The molecular weight excluding hydrogens is 321 g/mol. The predicted molar refractivity (Wildman–Crippen MR) is 88.3 cm³/mol. The second kappa shape index (κ2) is 8.06. The van der Waals surface area contributed by atoms with Crippen molar-refractivity contribution in [2.45, 2.75) is 6.10 Å². The Morgan fingerprint density at radius 3 is 2.70 bits per heavy atom. The first-order valence-electron chi connectivity index (χ1n) is 7.67. The first-order valence-corrected chi connectivity index (χ1v) is 8.04. The van der Waals surface area contributed by atoms with E-state index >= 15 is 0 Å². The van der Waals surface area contributed by atoms with E-state index in [0.29, 0.717) is 6.54 Å². The van der Waals surface area contributed by atoms with Crippen LogP contribution in [0.4, 0.5) is 4.39 Å². The average Bonchev–Trinajstić information content (AvgIpc) is 2.51. The molecule has 5 nitrogen and oxygen atoms in total. The molecule has 0 aliphatic carbocycles. The number of hydrogen-bond acceptors (Lipinski definition) is 4. The predicted octanol–water partition coefficient (Wildman–Crippen LogP) is 1.16. The number of β-amino-alcohol motifs (C(OH)–C–C–N with tert-alkyl or cyclic N) is 1. The number of amides is 1. The number of likely N-dealkylation sites (N-methyl/N-ethyl adjacent to an activating group) is 2. The topological polar surface area (TPSA) is 47.0 Å². The zero-order chi connectivity index (χ0) is 17.0. The van der Waals surface area contributed by atoms with Crippen molar-refractivity contribution in [1.82, 2.24) is 14.7 Å². The Balaban J connectivity index is 1.89. The van der Waals surface area contributed by atoms with Gasteiger partial charge in [0, 0.05) is 46.3 Å². The molecule has 1 N–H and O–H groups in total. The number of nitrogens with zero attached hydrogens (tertiary/aromatic N) is 3. The van der Waals surface area contributed by atoms with Crippen LogP contribution in [-0.2, 0) is 0 Å². The molecule has 23 heavy (non-hydrogen) atoms. The Morgan fingerprint density at radius 1 is 1.39 bits per heavy atom. The molecule has 1 aromatic carbocycles. The zero-order valence-corrected chi connectivity index (χ0v) is 14.3. The van der Waals surface area contributed by atoms with Gasteiger partial charge in [-0.25, -0.2) is 4.39 Å². The maximum atomic E-state index is 13.4. The number of aliphatic hydroxyl groups excluding tert-OH is 1. The number of hydrogen-bond donors (Lipinski definition) is 1. The Hall–Kier alpha value is -1.21. The lowest BCUT2D eigenvalue weighted by Gasteiger charge is -2.34. The summed E-state index contributed by atoms with van der Waals surface area (Å²) in [6, 6.07) is 4.14. The van der Waals surface area contributed by atoms with E-state index in [9.17, 15) is 14.3 Å². The summed E-state index contributed by atoms with van der Waals surface area (Å²) in [5, 5.41) is 10.0. The fraction of sp³-hybridized carbons (Fsp3) is 0.562. The largest absolute Gasteiger partial charge is 0.390 e. The number of halogens is 2. The summed E-state index contributed by atoms with van der Waals surface area (Å²) < 4.78 is 13.4. The van der Waals surface area contributed by atoms with Gasteiger partial charge in [0.1, 0.15) is 5.82 Å². The lowest BCUT2D eigenvalue weighted by Crippen LogP contribution is -2.49. The Kier molecular flexibility index (Phi) is 6.35. The molecule has 0 aromatic heterocycles. The van der Waals surface area contributed by atoms with E-state index in [1.165, 1.54) is 23.1 Å². The fourth-order valence-corrected chi connectivity index (χ4v) is 2.87. The van der Waals surface area contributed by atoms with Crippen LogP contribution in [0, 0.1) is 5.82 Å². The monoisotopic (exact) mass is 343 g/mol. The van der Waals surface area contributed by atoms with Crippen LogP contribution in [0.15, 0.2) is 18.2 Å². The van der Waals surface area contributed by atoms with Gasteiger partial charge in [-0.15, -0.1) is 0 Å². The molecule has 1 unspecified atom stereocenters. The molecule has 7 heteroatoms. The average molecular weight is 344 g/mol. The Bertz CT molecular complexity index is 550. The molecule has 1 aromatic rings. The highest BCUT2D eigenvalue weighted by atomic mass is 35.5. The summed E-state index contributed by atoms with van der Waals surface area (Å²) in [7, 11) is 3.65. The zero-order valence-electron chi connectivity index (χ0n) is 13.5. The van der Waals surface area contributed by atoms with E-state index in [1.807, 2.05) is 0 Å². The molecule has 1 heterocycles. The summed E-state index contributed by atoms with van der Waals surface area (Å²) in [4.78, 5) is 18.1. The van der Waals surface area contributed by atoms with Crippen molar-refractivity contribution in [3.05, 3.63) is 34.6 Å². The van der Waals surface area contributed by atoms with Gasteiger partial charge in [0.25, 0.3) is 5.91 Å². The van der Waals surface area contributed by atoms with E-state index in [2.05, 4.69) is 16.8 Å². The number of piperazine rings is 1. The molecule has 0 bridgehead atoms. The quantitative estimate of drug-likeness (QED) is 0.871. The molecule has 1 fully saturated rings. The van der Waals surface area contributed by atoms with Gasteiger partial charge in [-0.2, -0.15) is 0 Å². The molecule has 1 atom stereocenters. The highest BCUT2D eigenvalue weighted by Crippen LogP contribution is 2.21. The van der Waals surface area contributed by atoms with Gasteiger partial charge >= 0.3 is 0 Å². The van der Waals surface area contributed by atoms with E-state index in [4.69, 9.17) is 11.6 Å². The van der Waals surface area contributed by atoms with Gasteiger partial charge in [-0.3, -0.25) is 9.69 Å². The van der Waals surface area contributed by atoms with Crippen molar-refractivity contribution in [1.29, 1.82) is 0 Å². The molecule has 0 spiro atoms. The smallest absolute Gasteiger partial charge is 0.255 e. The van der Waals surface area contributed by atoms with Gasteiger partial charge in [0.15, 0.2) is 0 Å². The number of carbonyl (C=O) groups is 1. The molecule has 2 rings (SSSR count). The minimum Gasteiger partial charge on any atom is -0.390 e. The van der Waals surface area contributed by atoms with Crippen molar-refractivity contribution < 1.29 is 14.3 Å². The standard InChI is InChI=1S/C16H23ClFN3O2/c1-19-6-8-21(9-7-19)11-12(22)10-20(2)16(23)13-4-3-5-14(18)15(13)17/h3-5,12,22H,6-11H2,1-2H3. The van der Waals surface area contributed by atoms with Gasteiger partial charge < -0.3 is 14.9 Å². The minimum atomic E-state index is -0.653. The number of benzene rings is 1. The Labute approximate surface area is 141 Å². The summed E-state index contributed by atoms with van der Waals surface area (Å²) in [6.07, 6.45) is -0.653. The van der Waals surface area contributed by atoms with Crippen molar-refractivity contribution in [3.63, 3.8) is 0 Å². The molecule has 1 aliphatic rings. The van der Waals surface area contributed by atoms with E-state index < -0.39 is 17.8 Å². The van der Waals surface area contributed by atoms with Gasteiger partial charge in [-0.1, -0.05) is 17.7 Å². The fourth-order valence-electron chi connectivity index (χ4n) is 2.66. The molecule has 1 aliphatic heterocycles. The first kappa shape index (κ1) is 18.1. The third kappa shape index (κ3) is 4.88. The lowest BCUT2D eigenvalue weighted by atomic mass is 10.2. The van der Waals surface area contributed by atoms with Crippen LogP contribution in [-0.4, -0.2) is 85.2 Å². The highest BCUT2D eigenvalue weighted by Gasteiger charge is 2.22. The molecule has 0 radical (unpaired) electrons. The molecular formula is C16H23ClFN3O2. The van der Waals surface area contributed by atoms with E-state index in [0.717, 1.165) is 26.2 Å². The van der Waals surface area contributed by atoms with Crippen LogP contribution in [0.25, 0.3) is 0 Å². The normalized spacial score (nSPS) is 18.0. The maximum absolute atomic E-state index is 13.4. The third-order valence-electron chi connectivity index (χ3n) is 4.08. The van der Waals surface area contributed by atoms with Crippen molar-refractivity contribution in [2.24, 2.45) is 0 Å². The second-order valence-electron chi connectivity index (χ2n) is 6.04. The third-order valence-corrected chi connectivity index (χ3v) is 4.46. The van der Waals surface area contributed by atoms with E-state index in [1.54, 1.807) is 7.05 Å². The number of rotatable bonds is 5. The van der Waals surface area contributed by atoms with Gasteiger partial charge in [0.05, 0.1) is 16.7 Å². The molecule has 1 amide bonds. The van der Waals surface area contributed by atoms with Crippen LogP contribution in [0.3, 0.4) is 0 Å². The summed E-state index contributed by atoms with van der Waals surface area (Å²) >= 11 is 5.84. The van der Waals surface area contributed by atoms with Crippen LogP contribution in [0.2, 0.25) is 5.02 Å². The van der Waals surface area contributed by atoms with Crippen LogP contribution < -0.4 is 0 Å². The minimum absolute atomic E-state index is 0.112. The maximum Gasteiger partial charge on any atom is 0.255 e. The summed E-state index contributed by atoms with van der Waals surface area (Å²) in [5.41, 5.74) is 0.112. The van der Waals surface area contributed by atoms with E-state index in [-0.39, 0.29) is 17.1 Å². The van der Waals surface area contributed by atoms with Crippen LogP contribution >= 0.6 is 11.6 Å². The highest BCUT2D eigenvalue weighted by molar-refractivity contribution is 6.33. The molecule has 0 saturated carbocycles. The van der Waals surface area contributed by atoms with Crippen molar-refractivity contribution >= 4 is 17.5 Å². The van der Waals surface area contributed by atoms with Crippen molar-refractivity contribution in [3.8, 4) is 0 Å².